The van der Waals surface area contributed by atoms with Crippen molar-refractivity contribution in [1.29, 1.82) is 0 Å². The van der Waals surface area contributed by atoms with Crippen LogP contribution in [0.4, 0.5) is 0 Å². The standard InChI is InChI=1S/C23H36N2O2/c1-7-11-19(10-4)21(12-8-2)25(23(27)17(5)6)24-22(26)20-15-13-18(9-3)14-16-20/h13-16,19,21H,5,7-12H2,1-4,6H3,(H,24,26). The van der Waals surface area contributed by atoms with E-state index in [-0.39, 0.29) is 17.9 Å². The number of hydrogen-bond acceptors (Lipinski definition) is 2. The average Bonchev–Trinajstić information content (AvgIpc) is 2.68. The maximum Gasteiger partial charge on any atom is 0.269 e. The van der Waals surface area contributed by atoms with Crippen molar-refractivity contribution in [3.8, 4) is 0 Å². The SMILES string of the molecule is C=C(C)C(=O)N(NC(=O)c1ccc(CC)cc1)C(CCC)C(CC)CCC. The molecular weight excluding hydrogens is 336 g/mol. The molecule has 1 N–H and O–H groups in total. The summed E-state index contributed by atoms with van der Waals surface area (Å²) < 4.78 is 0. The van der Waals surface area contributed by atoms with Gasteiger partial charge >= 0.3 is 0 Å². The predicted octanol–water partition coefficient (Wildman–Crippen LogP) is 5.29. The first-order chi connectivity index (χ1) is 12.9. The molecular formula is C23H36N2O2. The number of amides is 2. The van der Waals surface area contributed by atoms with Crippen molar-refractivity contribution in [3.05, 3.63) is 47.5 Å². The lowest BCUT2D eigenvalue weighted by Gasteiger charge is -2.37. The van der Waals surface area contributed by atoms with Crippen LogP contribution in [0.15, 0.2) is 36.4 Å². The fraction of sp³-hybridized carbons (Fsp3) is 0.565. The second-order valence-corrected chi connectivity index (χ2v) is 7.26. The van der Waals surface area contributed by atoms with Gasteiger partial charge in [0.1, 0.15) is 0 Å². The first-order valence-electron chi connectivity index (χ1n) is 10.3. The van der Waals surface area contributed by atoms with Gasteiger partial charge in [-0.1, -0.05) is 65.7 Å². The monoisotopic (exact) mass is 372 g/mol. The fourth-order valence-electron chi connectivity index (χ4n) is 3.47. The molecule has 0 aliphatic carbocycles. The van der Waals surface area contributed by atoms with Gasteiger partial charge in [-0.25, -0.2) is 5.01 Å². The number of aryl methyl sites for hydroxylation is 1. The second kappa shape index (κ2) is 11.6. The van der Waals surface area contributed by atoms with E-state index >= 15 is 0 Å². The summed E-state index contributed by atoms with van der Waals surface area (Å²) in [6.45, 7) is 14.0. The number of hydrogen-bond donors (Lipinski definition) is 1. The summed E-state index contributed by atoms with van der Waals surface area (Å²) >= 11 is 0. The van der Waals surface area contributed by atoms with Crippen LogP contribution < -0.4 is 5.43 Å². The normalized spacial score (nSPS) is 12.9. The van der Waals surface area contributed by atoms with E-state index in [0.717, 1.165) is 38.5 Å². The highest BCUT2D eigenvalue weighted by Crippen LogP contribution is 2.24. The number of hydrazine groups is 1. The second-order valence-electron chi connectivity index (χ2n) is 7.26. The molecule has 150 valence electrons. The van der Waals surface area contributed by atoms with Gasteiger partial charge in [0.25, 0.3) is 11.8 Å². The Bertz CT molecular complexity index is 622. The molecule has 0 aliphatic heterocycles. The first kappa shape index (κ1) is 22.9. The van der Waals surface area contributed by atoms with Gasteiger partial charge < -0.3 is 0 Å². The number of carbonyl (C=O) groups is 2. The lowest BCUT2D eigenvalue weighted by atomic mass is 9.88. The fourth-order valence-corrected chi connectivity index (χ4v) is 3.47. The van der Waals surface area contributed by atoms with Gasteiger partial charge in [0.05, 0.1) is 6.04 Å². The molecule has 27 heavy (non-hydrogen) atoms. The molecule has 0 saturated carbocycles. The third kappa shape index (κ3) is 6.53. The van der Waals surface area contributed by atoms with Crippen molar-refractivity contribution >= 4 is 11.8 Å². The van der Waals surface area contributed by atoms with Crippen molar-refractivity contribution in [3.63, 3.8) is 0 Å². The topological polar surface area (TPSA) is 49.4 Å². The van der Waals surface area contributed by atoms with E-state index in [2.05, 4.69) is 39.7 Å². The maximum absolute atomic E-state index is 12.9. The summed E-state index contributed by atoms with van der Waals surface area (Å²) in [5.74, 6) is -0.109. The Morgan fingerprint density at radius 2 is 1.63 bits per heavy atom. The van der Waals surface area contributed by atoms with Crippen LogP contribution in [0.2, 0.25) is 0 Å². The zero-order valence-corrected chi connectivity index (χ0v) is 17.7. The van der Waals surface area contributed by atoms with Gasteiger partial charge in [-0.15, -0.1) is 0 Å². The van der Waals surface area contributed by atoms with Crippen LogP contribution in [0, 0.1) is 5.92 Å². The summed E-state index contributed by atoms with van der Waals surface area (Å²) in [7, 11) is 0. The van der Waals surface area contributed by atoms with Gasteiger partial charge in [-0.2, -0.15) is 0 Å². The molecule has 0 aliphatic rings. The molecule has 4 heteroatoms. The third-order valence-corrected chi connectivity index (χ3v) is 5.07. The molecule has 2 amide bonds. The molecule has 0 heterocycles. The van der Waals surface area contributed by atoms with Crippen LogP contribution in [-0.4, -0.2) is 22.9 Å². The van der Waals surface area contributed by atoms with E-state index in [1.807, 2.05) is 24.3 Å². The van der Waals surface area contributed by atoms with Crippen LogP contribution in [0.25, 0.3) is 0 Å². The Labute approximate surface area is 165 Å². The van der Waals surface area contributed by atoms with Gasteiger partial charge in [-0.3, -0.25) is 15.0 Å². The highest BCUT2D eigenvalue weighted by molar-refractivity contribution is 5.98. The quantitative estimate of drug-likeness (QED) is 0.448. The van der Waals surface area contributed by atoms with E-state index in [4.69, 9.17) is 0 Å². The van der Waals surface area contributed by atoms with Crippen LogP contribution in [-0.2, 0) is 11.2 Å². The van der Waals surface area contributed by atoms with Gasteiger partial charge in [0.2, 0.25) is 0 Å². The minimum Gasteiger partial charge on any atom is -0.268 e. The molecule has 0 bridgehead atoms. The number of rotatable bonds is 10. The minimum atomic E-state index is -0.250. The molecule has 1 rings (SSSR count). The highest BCUT2D eigenvalue weighted by Gasteiger charge is 2.31. The van der Waals surface area contributed by atoms with Gasteiger partial charge in [0.15, 0.2) is 0 Å². The summed E-state index contributed by atoms with van der Waals surface area (Å²) in [6, 6.07) is 7.51. The van der Waals surface area contributed by atoms with E-state index in [9.17, 15) is 9.59 Å². The number of nitrogens with zero attached hydrogens (tertiary/aromatic N) is 1. The molecule has 0 spiro atoms. The van der Waals surface area contributed by atoms with Crippen LogP contribution >= 0.6 is 0 Å². The number of nitrogens with one attached hydrogen (secondary N) is 1. The summed E-state index contributed by atoms with van der Waals surface area (Å²) in [5, 5.41) is 1.55. The summed E-state index contributed by atoms with van der Waals surface area (Å²) in [5.41, 5.74) is 5.07. The van der Waals surface area contributed by atoms with Gasteiger partial charge in [-0.05, 0) is 49.8 Å². The zero-order chi connectivity index (χ0) is 20.4. The molecule has 2 atom stereocenters. The van der Waals surface area contributed by atoms with Crippen molar-refractivity contribution in [2.75, 3.05) is 0 Å². The number of carbonyl (C=O) groups excluding carboxylic acids is 2. The van der Waals surface area contributed by atoms with Gasteiger partial charge in [0, 0.05) is 11.1 Å². The van der Waals surface area contributed by atoms with Crippen molar-refractivity contribution in [2.24, 2.45) is 5.92 Å². The molecule has 1 aromatic rings. The molecule has 0 fully saturated rings. The zero-order valence-electron chi connectivity index (χ0n) is 17.7. The molecule has 2 unspecified atom stereocenters. The van der Waals surface area contributed by atoms with E-state index in [0.29, 0.717) is 17.1 Å². The smallest absolute Gasteiger partial charge is 0.268 e. The Morgan fingerprint density at radius 1 is 1.04 bits per heavy atom. The first-order valence-corrected chi connectivity index (χ1v) is 10.3. The van der Waals surface area contributed by atoms with Crippen LogP contribution in [0.1, 0.15) is 82.6 Å². The van der Waals surface area contributed by atoms with Crippen molar-refractivity contribution < 1.29 is 9.59 Å². The van der Waals surface area contributed by atoms with Crippen LogP contribution in [0.5, 0.6) is 0 Å². The minimum absolute atomic E-state index is 0.0250. The lowest BCUT2D eigenvalue weighted by molar-refractivity contribution is -0.134. The van der Waals surface area contributed by atoms with E-state index in [1.165, 1.54) is 5.56 Å². The highest BCUT2D eigenvalue weighted by atomic mass is 16.2. The predicted molar refractivity (Wildman–Crippen MR) is 112 cm³/mol. The average molecular weight is 373 g/mol. The Balaban J connectivity index is 3.14. The summed E-state index contributed by atoms with van der Waals surface area (Å²) in [4.78, 5) is 25.7. The van der Waals surface area contributed by atoms with Crippen LogP contribution in [0.3, 0.4) is 0 Å². The Kier molecular flexibility index (Phi) is 9.84. The Morgan fingerprint density at radius 3 is 2.07 bits per heavy atom. The summed E-state index contributed by atoms with van der Waals surface area (Å²) in [6.07, 6.45) is 5.79. The third-order valence-electron chi connectivity index (χ3n) is 5.07. The maximum atomic E-state index is 12.9. The molecule has 0 radical (unpaired) electrons. The number of benzene rings is 1. The Hall–Kier alpha value is -2.10. The van der Waals surface area contributed by atoms with Crippen molar-refractivity contribution in [1.82, 2.24) is 10.4 Å². The molecule has 1 aromatic carbocycles. The largest absolute Gasteiger partial charge is 0.269 e. The van der Waals surface area contributed by atoms with E-state index < -0.39 is 0 Å². The van der Waals surface area contributed by atoms with Crippen molar-refractivity contribution in [2.45, 2.75) is 79.2 Å². The molecule has 0 aromatic heterocycles. The lowest BCUT2D eigenvalue weighted by Crippen LogP contribution is -2.54. The molecule has 0 saturated heterocycles. The van der Waals surface area contributed by atoms with E-state index in [1.54, 1.807) is 11.9 Å². The molecule has 4 nitrogen and oxygen atoms in total.